The van der Waals surface area contributed by atoms with Crippen LogP contribution in [0.1, 0.15) is 17.3 Å². The molecular weight excluding hydrogens is 276 g/mol. The van der Waals surface area contributed by atoms with Gasteiger partial charge in [0.1, 0.15) is 5.56 Å². The van der Waals surface area contributed by atoms with E-state index < -0.39 is 29.5 Å². The van der Waals surface area contributed by atoms with Crippen LogP contribution in [0.4, 0.5) is 0 Å². The summed E-state index contributed by atoms with van der Waals surface area (Å²) in [6, 6.07) is 6.71. The molecule has 1 atom stereocenters. The normalized spacial score (nSPS) is 13.6. The molecule has 0 bridgehead atoms. The summed E-state index contributed by atoms with van der Waals surface area (Å²) in [5.41, 5.74) is -2.11. The van der Waals surface area contributed by atoms with Crippen LogP contribution in [0, 0.1) is 0 Å². The molecule has 0 saturated heterocycles. The predicted molar refractivity (Wildman–Crippen MR) is 75.2 cm³/mol. The number of hydrogen-bond donors (Lipinski definition) is 4. The Bertz CT molecular complexity index is 763. The van der Waals surface area contributed by atoms with Gasteiger partial charge in [-0.15, -0.1) is 0 Å². The second-order valence-electron chi connectivity index (χ2n) is 4.84. The van der Waals surface area contributed by atoms with Crippen molar-refractivity contribution in [1.82, 2.24) is 10.3 Å². The number of aromatic amines is 1. The topological polar surface area (TPSA) is 119 Å². The first-order valence-electron chi connectivity index (χ1n) is 6.17. The standard InChI is InChI=1S/C14H14N2O5/c1-14(21,13(19)20)7-16-12(18)9-6-15-10-5-3-2-4-8(10)11(9)17/h2-6,21H,7H2,1H3,(H,15,17)(H,16,18)(H,19,20). The summed E-state index contributed by atoms with van der Waals surface area (Å²) in [5, 5.41) is 20.9. The lowest BCUT2D eigenvalue weighted by Gasteiger charge is -2.18. The molecule has 2 rings (SSSR count). The first kappa shape index (κ1) is 14.7. The van der Waals surface area contributed by atoms with Gasteiger partial charge in [0.15, 0.2) is 5.60 Å². The number of benzene rings is 1. The third-order valence-corrected chi connectivity index (χ3v) is 3.09. The number of nitrogens with one attached hydrogen (secondary N) is 2. The molecule has 21 heavy (non-hydrogen) atoms. The van der Waals surface area contributed by atoms with Crippen LogP contribution >= 0.6 is 0 Å². The van der Waals surface area contributed by atoms with Gasteiger partial charge in [-0.25, -0.2) is 4.79 Å². The molecule has 0 aliphatic heterocycles. The van der Waals surface area contributed by atoms with Crippen LogP contribution in [-0.2, 0) is 4.79 Å². The maximum atomic E-state index is 12.2. The monoisotopic (exact) mass is 290 g/mol. The molecule has 1 unspecified atom stereocenters. The zero-order valence-electron chi connectivity index (χ0n) is 11.2. The average Bonchev–Trinajstić information content (AvgIpc) is 2.45. The molecule has 0 aliphatic carbocycles. The van der Waals surface area contributed by atoms with Gasteiger partial charge in [0.25, 0.3) is 5.91 Å². The Hall–Kier alpha value is -2.67. The number of aliphatic hydroxyl groups is 1. The van der Waals surface area contributed by atoms with Crippen molar-refractivity contribution in [3.05, 3.63) is 46.2 Å². The molecule has 1 aromatic carbocycles. The Kier molecular flexibility index (Phi) is 3.77. The summed E-state index contributed by atoms with van der Waals surface area (Å²) >= 11 is 0. The maximum absolute atomic E-state index is 12.2. The van der Waals surface area contributed by atoms with E-state index >= 15 is 0 Å². The SMILES string of the molecule is CC(O)(CNC(=O)c1c[nH]c2ccccc2c1=O)C(=O)O. The number of fused-ring (bicyclic) bond motifs is 1. The van der Waals surface area contributed by atoms with Crippen LogP contribution in [0.25, 0.3) is 10.9 Å². The highest BCUT2D eigenvalue weighted by molar-refractivity contribution is 5.97. The molecule has 0 aliphatic rings. The minimum absolute atomic E-state index is 0.144. The van der Waals surface area contributed by atoms with E-state index in [9.17, 15) is 19.5 Å². The van der Waals surface area contributed by atoms with Gasteiger partial charge in [-0.1, -0.05) is 12.1 Å². The van der Waals surface area contributed by atoms with Crippen molar-refractivity contribution >= 4 is 22.8 Å². The van der Waals surface area contributed by atoms with Crippen LogP contribution in [0.5, 0.6) is 0 Å². The first-order chi connectivity index (χ1) is 9.83. The fourth-order valence-corrected chi connectivity index (χ4v) is 1.76. The summed E-state index contributed by atoms with van der Waals surface area (Å²) in [6.45, 7) is 0.549. The van der Waals surface area contributed by atoms with Crippen molar-refractivity contribution in [3.8, 4) is 0 Å². The zero-order valence-corrected chi connectivity index (χ0v) is 11.2. The molecule has 4 N–H and O–H groups in total. The number of aromatic nitrogens is 1. The molecule has 0 fully saturated rings. The van der Waals surface area contributed by atoms with Crippen LogP contribution in [0.15, 0.2) is 35.3 Å². The smallest absolute Gasteiger partial charge is 0.337 e. The Labute approximate surface area is 119 Å². The van der Waals surface area contributed by atoms with Gasteiger partial charge < -0.3 is 20.5 Å². The van der Waals surface area contributed by atoms with Gasteiger partial charge in [0.2, 0.25) is 5.43 Å². The average molecular weight is 290 g/mol. The molecule has 2 aromatic rings. The van der Waals surface area contributed by atoms with E-state index in [-0.39, 0.29) is 5.56 Å². The number of carboxylic acids is 1. The van der Waals surface area contributed by atoms with Crippen molar-refractivity contribution in [3.63, 3.8) is 0 Å². The van der Waals surface area contributed by atoms with E-state index in [4.69, 9.17) is 5.11 Å². The molecular formula is C14H14N2O5. The minimum Gasteiger partial charge on any atom is -0.479 e. The second kappa shape index (κ2) is 5.37. The lowest BCUT2D eigenvalue weighted by molar-refractivity contribution is -0.155. The number of amides is 1. The number of rotatable bonds is 4. The molecule has 0 spiro atoms. The van der Waals surface area contributed by atoms with Gasteiger partial charge in [0, 0.05) is 17.1 Å². The minimum atomic E-state index is -2.10. The van der Waals surface area contributed by atoms with Gasteiger partial charge in [0.05, 0.1) is 6.54 Å². The van der Waals surface area contributed by atoms with Crippen LogP contribution in [0.2, 0.25) is 0 Å². The summed E-state index contributed by atoms with van der Waals surface area (Å²) in [7, 11) is 0. The lowest BCUT2D eigenvalue weighted by Crippen LogP contribution is -2.47. The van der Waals surface area contributed by atoms with Crippen molar-refractivity contribution in [2.24, 2.45) is 0 Å². The van der Waals surface area contributed by atoms with E-state index in [0.717, 1.165) is 6.92 Å². The van der Waals surface area contributed by atoms with Crippen molar-refractivity contribution < 1.29 is 19.8 Å². The third-order valence-electron chi connectivity index (χ3n) is 3.09. The number of para-hydroxylation sites is 1. The first-order valence-corrected chi connectivity index (χ1v) is 6.17. The van der Waals surface area contributed by atoms with E-state index in [2.05, 4.69) is 10.3 Å². The number of hydrogen-bond acceptors (Lipinski definition) is 4. The maximum Gasteiger partial charge on any atom is 0.337 e. The number of aliphatic carboxylic acids is 1. The summed E-state index contributed by atoms with van der Waals surface area (Å²) < 4.78 is 0. The summed E-state index contributed by atoms with van der Waals surface area (Å²) in [4.78, 5) is 37.7. The number of pyridine rings is 1. The molecule has 7 heteroatoms. The number of H-pyrrole nitrogens is 1. The van der Waals surface area contributed by atoms with E-state index in [1.807, 2.05) is 0 Å². The highest BCUT2D eigenvalue weighted by Crippen LogP contribution is 2.07. The number of carbonyl (C=O) groups is 2. The number of carbonyl (C=O) groups excluding carboxylic acids is 1. The van der Waals surface area contributed by atoms with E-state index in [0.29, 0.717) is 10.9 Å². The molecule has 1 amide bonds. The molecule has 0 radical (unpaired) electrons. The van der Waals surface area contributed by atoms with Crippen LogP contribution < -0.4 is 10.7 Å². The quantitative estimate of drug-likeness (QED) is 0.636. The fraction of sp³-hybridized carbons (Fsp3) is 0.214. The third kappa shape index (κ3) is 2.92. The highest BCUT2D eigenvalue weighted by Gasteiger charge is 2.30. The summed E-state index contributed by atoms with van der Waals surface area (Å²) in [6.07, 6.45) is 1.26. The Morgan fingerprint density at radius 1 is 1.33 bits per heavy atom. The van der Waals surface area contributed by atoms with Crippen molar-refractivity contribution in [2.75, 3.05) is 6.54 Å². The fourth-order valence-electron chi connectivity index (χ4n) is 1.76. The largest absolute Gasteiger partial charge is 0.479 e. The van der Waals surface area contributed by atoms with Gasteiger partial charge >= 0.3 is 5.97 Å². The highest BCUT2D eigenvalue weighted by atomic mass is 16.4. The van der Waals surface area contributed by atoms with E-state index in [1.54, 1.807) is 24.3 Å². The van der Waals surface area contributed by atoms with E-state index in [1.165, 1.54) is 6.20 Å². The zero-order chi connectivity index (χ0) is 15.6. The predicted octanol–water partition coefficient (Wildman–Crippen LogP) is 0.0935. The second-order valence-corrected chi connectivity index (χ2v) is 4.84. The van der Waals surface area contributed by atoms with Gasteiger partial charge in [-0.05, 0) is 19.1 Å². The van der Waals surface area contributed by atoms with Gasteiger partial charge in [-0.2, -0.15) is 0 Å². The molecule has 1 aromatic heterocycles. The Balaban J connectivity index is 2.27. The molecule has 1 heterocycles. The Morgan fingerprint density at radius 2 is 2.00 bits per heavy atom. The Morgan fingerprint density at radius 3 is 2.67 bits per heavy atom. The van der Waals surface area contributed by atoms with Crippen molar-refractivity contribution in [1.29, 1.82) is 0 Å². The van der Waals surface area contributed by atoms with Crippen molar-refractivity contribution in [2.45, 2.75) is 12.5 Å². The molecule has 7 nitrogen and oxygen atoms in total. The lowest BCUT2D eigenvalue weighted by atomic mass is 10.1. The molecule has 110 valence electrons. The summed E-state index contributed by atoms with van der Waals surface area (Å²) in [5.74, 6) is -2.21. The van der Waals surface area contributed by atoms with Crippen LogP contribution in [-0.4, -0.2) is 39.2 Å². The number of carboxylic acid groups (broad SMARTS) is 1. The van der Waals surface area contributed by atoms with Gasteiger partial charge in [-0.3, -0.25) is 9.59 Å². The molecule has 0 saturated carbocycles. The van der Waals surface area contributed by atoms with Crippen LogP contribution in [0.3, 0.4) is 0 Å².